The van der Waals surface area contributed by atoms with E-state index >= 15 is 0 Å². The van der Waals surface area contributed by atoms with Crippen molar-refractivity contribution < 1.29 is 9.59 Å². The molecule has 0 aliphatic rings. The summed E-state index contributed by atoms with van der Waals surface area (Å²) in [6, 6.07) is 4.65. The second kappa shape index (κ2) is 3.17. The number of rotatable bonds is 2. The van der Waals surface area contributed by atoms with Crippen LogP contribution >= 0.6 is 0 Å². The standard InChI is InChI=1S/C9H9NO2/c1-6(12)9-3-2-8(10)4-7(9)5-11/h2-5H,10H2,1H3. The second-order valence-corrected chi connectivity index (χ2v) is 2.52. The van der Waals surface area contributed by atoms with Crippen LogP contribution < -0.4 is 5.73 Å². The lowest BCUT2D eigenvalue weighted by Crippen LogP contribution is -1.99. The van der Waals surface area contributed by atoms with Gasteiger partial charge in [0, 0.05) is 16.8 Å². The van der Waals surface area contributed by atoms with Gasteiger partial charge >= 0.3 is 0 Å². The minimum Gasteiger partial charge on any atom is -0.399 e. The predicted molar refractivity (Wildman–Crippen MR) is 46.2 cm³/mol. The maximum Gasteiger partial charge on any atom is 0.160 e. The Balaban J connectivity index is 3.29. The molecule has 3 nitrogen and oxygen atoms in total. The molecule has 3 heteroatoms. The molecule has 0 saturated heterocycles. The number of Topliss-reactive ketones (excluding diaryl/α,β-unsaturated/α-hetero) is 1. The molecule has 62 valence electrons. The third-order valence-electron chi connectivity index (χ3n) is 1.58. The Labute approximate surface area is 70.2 Å². The van der Waals surface area contributed by atoms with E-state index in [9.17, 15) is 9.59 Å². The number of ketones is 1. The van der Waals surface area contributed by atoms with Crippen molar-refractivity contribution in [3.05, 3.63) is 29.3 Å². The summed E-state index contributed by atoms with van der Waals surface area (Å²) in [5.41, 5.74) is 6.69. The third kappa shape index (κ3) is 1.50. The van der Waals surface area contributed by atoms with Crippen molar-refractivity contribution in [3.8, 4) is 0 Å². The number of nitrogen functional groups attached to an aromatic ring is 1. The Bertz CT molecular complexity index is 331. The Hall–Kier alpha value is -1.64. The zero-order valence-corrected chi connectivity index (χ0v) is 6.70. The van der Waals surface area contributed by atoms with Crippen molar-refractivity contribution in [3.63, 3.8) is 0 Å². The molecule has 12 heavy (non-hydrogen) atoms. The maximum atomic E-state index is 10.9. The van der Waals surface area contributed by atoms with E-state index in [0.29, 0.717) is 23.1 Å². The summed E-state index contributed by atoms with van der Waals surface area (Å²) in [5, 5.41) is 0. The minimum atomic E-state index is -0.128. The Kier molecular flexibility index (Phi) is 2.24. The van der Waals surface area contributed by atoms with Gasteiger partial charge in [0.1, 0.15) is 0 Å². The molecule has 0 aromatic heterocycles. The smallest absolute Gasteiger partial charge is 0.160 e. The monoisotopic (exact) mass is 163 g/mol. The molecule has 0 heterocycles. The zero-order chi connectivity index (χ0) is 9.14. The number of carbonyl (C=O) groups is 2. The molecule has 0 amide bonds. The highest BCUT2D eigenvalue weighted by Crippen LogP contribution is 2.11. The molecular formula is C9H9NO2. The lowest BCUT2D eigenvalue weighted by atomic mass is 10.0. The molecule has 0 aliphatic carbocycles. The van der Waals surface area contributed by atoms with Crippen LogP contribution in [0.15, 0.2) is 18.2 Å². The summed E-state index contributed by atoms with van der Waals surface area (Å²) < 4.78 is 0. The highest BCUT2D eigenvalue weighted by Gasteiger charge is 2.05. The van der Waals surface area contributed by atoms with Crippen LogP contribution in [-0.2, 0) is 0 Å². The molecule has 0 saturated carbocycles. The molecule has 2 N–H and O–H groups in total. The highest BCUT2D eigenvalue weighted by molar-refractivity contribution is 6.01. The highest BCUT2D eigenvalue weighted by atomic mass is 16.1. The summed E-state index contributed by atoms with van der Waals surface area (Å²) >= 11 is 0. The molecular weight excluding hydrogens is 154 g/mol. The first-order valence-corrected chi connectivity index (χ1v) is 3.51. The van der Waals surface area contributed by atoms with Gasteiger partial charge < -0.3 is 5.73 Å². The largest absolute Gasteiger partial charge is 0.399 e. The predicted octanol–water partition coefficient (Wildman–Crippen LogP) is 1.28. The fourth-order valence-corrected chi connectivity index (χ4v) is 0.999. The van der Waals surface area contributed by atoms with E-state index in [1.54, 1.807) is 12.1 Å². The number of anilines is 1. The Morgan fingerprint density at radius 1 is 1.50 bits per heavy atom. The van der Waals surface area contributed by atoms with Gasteiger partial charge in [0.05, 0.1) is 0 Å². The van der Waals surface area contributed by atoms with Crippen LogP contribution in [0.5, 0.6) is 0 Å². The van der Waals surface area contributed by atoms with Gasteiger partial charge in [0.2, 0.25) is 0 Å². The number of hydrogen-bond acceptors (Lipinski definition) is 3. The van der Waals surface area contributed by atoms with Crippen LogP contribution in [0.2, 0.25) is 0 Å². The topological polar surface area (TPSA) is 60.2 Å². The summed E-state index contributed by atoms with van der Waals surface area (Å²) in [7, 11) is 0. The van der Waals surface area contributed by atoms with Gasteiger partial charge in [-0.05, 0) is 25.1 Å². The third-order valence-corrected chi connectivity index (χ3v) is 1.58. The lowest BCUT2D eigenvalue weighted by molar-refractivity contribution is 0.101. The SMILES string of the molecule is CC(=O)c1ccc(N)cc1C=O. The van der Waals surface area contributed by atoms with E-state index in [0.717, 1.165) is 0 Å². The molecule has 0 unspecified atom stereocenters. The number of hydrogen-bond donors (Lipinski definition) is 1. The van der Waals surface area contributed by atoms with Gasteiger partial charge in [-0.15, -0.1) is 0 Å². The molecule has 0 fully saturated rings. The Morgan fingerprint density at radius 2 is 2.17 bits per heavy atom. The number of aldehydes is 1. The van der Waals surface area contributed by atoms with Crippen LogP contribution in [0, 0.1) is 0 Å². The minimum absolute atomic E-state index is 0.128. The van der Waals surface area contributed by atoms with Crippen molar-refractivity contribution in [2.45, 2.75) is 6.92 Å². The molecule has 0 atom stereocenters. The summed E-state index contributed by atoms with van der Waals surface area (Å²) in [6.45, 7) is 1.42. The lowest BCUT2D eigenvalue weighted by Gasteiger charge is -2.00. The summed E-state index contributed by atoms with van der Waals surface area (Å²) in [6.07, 6.45) is 0.632. The summed E-state index contributed by atoms with van der Waals surface area (Å²) in [5.74, 6) is -0.128. The maximum absolute atomic E-state index is 10.9. The average molecular weight is 163 g/mol. The molecule has 1 rings (SSSR count). The van der Waals surface area contributed by atoms with Crippen molar-refractivity contribution >= 4 is 17.8 Å². The van der Waals surface area contributed by atoms with Gasteiger partial charge in [-0.25, -0.2) is 0 Å². The number of benzene rings is 1. The Morgan fingerprint density at radius 3 is 2.67 bits per heavy atom. The molecule has 0 spiro atoms. The van der Waals surface area contributed by atoms with Crippen LogP contribution in [0.1, 0.15) is 27.6 Å². The molecule has 0 radical (unpaired) electrons. The van der Waals surface area contributed by atoms with Gasteiger partial charge in [-0.2, -0.15) is 0 Å². The first kappa shape index (κ1) is 8.46. The van der Waals surface area contributed by atoms with E-state index < -0.39 is 0 Å². The molecule has 0 aliphatic heterocycles. The van der Waals surface area contributed by atoms with Gasteiger partial charge in [0.25, 0.3) is 0 Å². The van der Waals surface area contributed by atoms with Crippen molar-refractivity contribution in [1.29, 1.82) is 0 Å². The van der Waals surface area contributed by atoms with Crippen molar-refractivity contribution in [1.82, 2.24) is 0 Å². The quantitative estimate of drug-likeness (QED) is 0.406. The molecule has 1 aromatic rings. The first-order chi connectivity index (χ1) is 5.65. The van der Waals surface area contributed by atoms with Crippen LogP contribution in [0.3, 0.4) is 0 Å². The van der Waals surface area contributed by atoms with Crippen LogP contribution in [0.25, 0.3) is 0 Å². The first-order valence-electron chi connectivity index (χ1n) is 3.51. The van der Waals surface area contributed by atoms with Gasteiger partial charge in [-0.1, -0.05) is 0 Å². The van der Waals surface area contributed by atoms with Crippen molar-refractivity contribution in [2.24, 2.45) is 0 Å². The van der Waals surface area contributed by atoms with E-state index in [4.69, 9.17) is 5.73 Å². The van der Waals surface area contributed by atoms with Crippen LogP contribution in [0.4, 0.5) is 5.69 Å². The van der Waals surface area contributed by atoms with Gasteiger partial charge in [0.15, 0.2) is 12.1 Å². The molecule has 0 bridgehead atoms. The fraction of sp³-hybridized carbons (Fsp3) is 0.111. The zero-order valence-electron chi connectivity index (χ0n) is 6.70. The van der Waals surface area contributed by atoms with Crippen molar-refractivity contribution in [2.75, 3.05) is 5.73 Å². The van der Waals surface area contributed by atoms with Crippen LogP contribution in [-0.4, -0.2) is 12.1 Å². The van der Waals surface area contributed by atoms with E-state index in [1.807, 2.05) is 0 Å². The fourth-order valence-electron chi connectivity index (χ4n) is 0.999. The molecule has 1 aromatic carbocycles. The normalized spacial score (nSPS) is 9.42. The van der Waals surface area contributed by atoms with Gasteiger partial charge in [-0.3, -0.25) is 9.59 Å². The second-order valence-electron chi connectivity index (χ2n) is 2.52. The number of nitrogens with two attached hydrogens (primary N) is 1. The number of carbonyl (C=O) groups excluding carboxylic acids is 2. The van der Waals surface area contributed by atoms with E-state index in [-0.39, 0.29) is 5.78 Å². The average Bonchev–Trinajstić information content (AvgIpc) is 2.03. The summed E-state index contributed by atoms with van der Waals surface area (Å²) in [4.78, 5) is 21.4. The van der Waals surface area contributed by atoms with E-state index in [2.05, 4.69) is 0 Å². The van der Waals surface area contributed by atoms with E-state index in [1.165, 1.54) is 13.0 Å².